The summed E-state index contributed by atoms with van der Waals surface area (Å²) in [6, 6.07) is 3.98. The van der Waals surface area contributed by atoms with Gasteiger partial charge < -0.3 is 14.2 Å². The number of anilines is 1. The van der Waals surface area contributed by atoms with Crippen molar-refractivity contribution in [2.45, 2.75) is 49.1 Å². The highest BCUT2D eigenvalue weighted by Gasteiger charge is 2.30. The van der Waals surface area contributed by atoms with E-state index >= 15 is 0 Å². The van der Waals surface area contributed by atoms with E-state index in [0.29, 0.717) is 46.6 Å². The molecule has 0 unspecified atom stereocenters. The molecular weight excluding hydrogens is 518 g/mol. The summed E-state index contributed by atoms with van der Waals surface area (Å²) in [5.41, 5.74) is -3.34. The molecular formula is C23H21F4N5O2S2. The van der Waals surface area contributed by atoms with Crippen molar-refractivity contribution >= 4 is 39.3 Å². The summed E-state index contributed by atoms with van der Waals surface area (Å²) in [7, 11) is 0. The Labute approximate surface area is 211 Å². The molecule has 4 heterocycles. The van der Waals surface area contributed by atoms with Crippen LogP contribution in [0.4, 0.5) is 23.6 Å². The summed E-state index contributed by atoms with van der Waals surface area (Å²) in [4.78, 5) is 14.8. The number of ether oxygens (including phenoxy) is 1. The first-order chi connectivity index (χ1) is 17.2. The molecule has 0 atom stereocenters. The molecule has 1 fully saturated rings. The summed E-state index contributed by atoms with van der Waals surface area (Å²) < 4.78 is 64.9. The summed E-state index contributed by atoms with van der Waals surface area (Å²) in [6.07, 6.45) is 2.69. The molecule has 3 aromatic heterocycles. The second kappa shape index (κ2) is 9.85. The van der Waals surface area contributed by atoms with Crippen molar-refractivity contribution in [1.29, 1.82) is 0 Å². The van der Waals surface area contributed by atoms with Gasteiger partial charge in [-0.15, -0.1) is 11.3 Å². The monoisotopic (exact) mass is 539 g/mol. The first-order valence-electron chi connectivity index (χ1n) is 11.2. The number of hydrogen-bond donors (Lipinski definition) is 0. The SMILES string of the molecule is CC(C)c1noc(N2CCC(Oc3ncnc4c(-c5ccc(SC(F)(F)F)cc5F)csc34)CC2)n1. The van der Waals surface area contributed by atoms with Crippen LogP contribution >= 0.6 is 23.1 Å². The molecule has 1 aliphatic heterocycles. The van der Waals surface area contributed by atoms with Gasteiger partial charge in [0.15, 0.2) is 5.82 Å². The molecule has 0 aliphatic carbocycles. The quantitative estimate of drug-likeness (QED) is 0.199. The summed E-state index contributed by atoms with van der Waals surface area (Å²) in [5, 5.41) is 5.73. The number of alkyl halides is 3. The molecule has 190 valence electrons. The third-order valence-corrected chi connectivity index (χ3v) is 7.40. The van der Waals surface area contributed by atoms with Gasteiger partial charge in [0, 0.05) is 53.3 Å². The lowest BCUT2D eigenvalue weighted by Crippen LogP contribution is -2.38. The zero-order valence-corrected chi connectivity index (χ0v) is 20.9. The van der Waals surface area contributed by atoms with E-state index in [-0.39, 0.29) is 34.2 Å². The molecule has 1 saturated heterocycles. The van der Waals surface area contributed by atoms with Crippen LogP contribution in [-0.4, -0.2) is 44.8 Å². The molecule has 1 aliphatic rings. The molecule has 0 amide bonds. The van der Waals surface area contributed by atoms with Crippen molar-refractivity contribution in [2.75, 3.05) is 18.0 Å². The Morgan fingerprint density at radius 3 is 2.61 bits per heavy atom. The Morgan fingerprint density at radius 2 is 1.94 bits per heavy atom. The van der Waals surface area contributed by atoms with Crippen LogP contribution in [0.2, 0.25) is 0 Å². The lowest BCUT2D eigenvalue weighted by Gasteiger charge is -2.30. The highest BCUT2D eigenvalue weighted by atomic mass is 32.2. The van der Waals surface area contributed by atoms with Gasteiger partial charge in [0.2, 0.25) is 5.88 Å². The topological polar surface area (TPSA) is 77.2 Å². The van der Waals surface area contributed by atoms with E-state index in [2.05, 4.69) is 20.1 Å². The van der Waals surface area contributed by atoms with Crippen molar-refractivity contribution in [3.05, 3.63) is 41.5 Å². The zero-order chi connectivity index (χ0) is 25.4. The highest BCUT2D eigenvalue weighted by molar-refractivity contribution is 8.00. The van der Waals surface area contributed by atoms with Crippen molar-refractivity contribution in [3.63, 3.8) is 0 Å². The van der Waals surface area contributed by atoms with E-state index in [9.17, 15) is 17.6 Å². The minimum atomic E-state index is -4.49. The Balaban J connectivity index is 1.30. The number of nitrogens with zero attached hydrogens (tertiary/aromatic N) is 5. The Hall–Kier alpha value is -2.93. The van der Waals surface area contributed by atoms with Gasteiger partial charge in [-0.1, -0.05) is 25.1 Å². The number of benzene rings is 1. The molecule has 13 heteroatoms. The predicted molar refractivity (Wildman–Crippen MR) is 129 cm³/mol. The van der Waals surface area contributed by atoms with Crippen LogP contribution in [0, 0.1) is 5.82 Å². The fraction of sp³-hybridized carbons (Fsp3) is 0.391. The van der Waals surface area contributed by atoms with Crippen LogP contribution < -0.4 is 9.64 Å². The number of halogens is 4. The summed E-state index contributed by atoms with van der Waals surface area (Å²) >= 11 is 0.952. The number of thioether (sulfide) groups is 1. The number of aromatic nitrogens is 4. The van der Waals surface area contributed by atoms with E-state index in [4.69, 9.17) is 9.26 Å². The highest BCUT2D eigenvalue weighted by Crippen LogP contribution is 2.41. The molecule has 0 N–H and O–H groups in total. The largest absolute Gasteiger partial charge is 0.473 e. The van der Waals surface area contributed by atoms with E-state index in [0.717, 1.165) is 18.9 Å². The van der Waals surface area contributed by atoms with Gasteiger partial charge in [-0.3, -0.25) is 0 Å². The van der Waals surface area contributed by atoms with Gasteiger partial charge in [0.1, 0.15) is 22.9 Å². The van der Waals surface area contributed by atoms with Gasteiger partial charge in [-0.2, -0.15) is 18.2 Å². The number of thiophene rings is 1. The van der Waals surface area contributed by atoms with Crippen molar-refractivity contribution < 1.29 is 26.8 Å². The number of hydrogen-bond acceptors (Lipinski definition) is 9. The van der Waals surface area contributed by atoms with E-state index in [1.807, 2.05) is 18.7 Å². The molecule has 0 radical (unpaired) electrons. The summed E-state index contributed by atoms with van der Waals surface area (Å²) in [5.74, 6) is 0.508. The maximum atomic E-state index is 14.7. The third kappa shape index (κ3) is 5.26. The number of piperidine rings is 1. The predicted octanol–water partition coefficient (Wildman–Crippen LogP) is 6.66. The Morgan fingerprint density at radius 1 is 1.17 bits per heavy atom. The molecule has 0 spiro atoms. The van der Waals surface area contributed by atoms with Crippen molar-refractivity contribution in [1.82, 2.24) is 20.1 Å². The minimum absolute atomic E-state index is 0.0900. The van der Waals surface area contributed by atoms with Crippen LogP contribution in [-0.2, 0) is 0 Å². The first-order valence-corrected chi connectivity index (χ1v) is 12.9. The minimum Gasteiger partial charge on any atom is -0.473 e. The van der Waals surface area contributed by atoms with Gasteiger partial charge in [-0.05, 0) is 23.9 Å². The van der Waals surface area contributed by atoms with Gasteiger partial charge in [-0.25, -0.2) is 14.4 Å². The van der Waals surface area contributed by atoms with Crippen molar-refractivity contribution in [2.24, 2.45) is 0 Å². The van der Waals surface area contributed by atoms with E-state index in [1.54, 1.807) is 5.38 Å². The summed E-state index contributed by atoms with van der Waals surface area (Å²) in [6.45, 7) is 5.37. The third-order valence-electron chi connectivity index (χ3n) is 5.72. The van der Waals surface area contributed by atoms with Crippen LogP contribution in [0.3, 0.4) is 0 Å². The lowest BCUT2D eigenvalue weighted by atomic mass is 10.1. The van der Waals surface area contributed by atoms with Crippen LogP contribution in [0.25, 0.3) is 21.3 Å². The second-order valence-corrected chi connectivity index (χ2v) is 10.6. The molecule has 0 saturated carbocycles. The van der Waals surface area contributed by atoms with Gasteiger partial charge in [0.05, 0.1) is 5.52 Å². The Bertz CT molecular complexity index is 1370. The number of rotatable bonds is 6. The fourth-order valence-electron chi connectivity index (χ4n) is 3.93. The average molecular weight is 540 g/mol. The van der Waals surface area contributed by atoms with Crippen LogP contribution in [0.1, 0.15) is 38.4 Å². The van der Waals surface area contributed by atoms with Crippen LogP contribution in [0.15, 0.2) is 39.3 Å². The van der Waals surface area contributed by atoms with E-state index in [1.165, 1.54) is 29.8 Å². The normalized spacial score (nSPS) is 15.2. The zero-order valence-electron chi connectivity index (χ0n) is 19.3. The van der Waals surface area contributed by atoms with E-state index < -0.39 is 11.3 Å². The smallest absolute Gasteiger partial charge is 0.446 e. The first kappa shape index (κ1) is 24.8. The van der Waals surface area contributed by atoms with Crippen LogP contribution in [0.5, 0.6) is 5.88 Å². The van der Waals surface area contributed by atoms with Crippen molar-refractivity contribution in [3.8, 4) is 17.0 Å². The standard InChI is InChI=1S/C23H21F4N5O2S2/c1-12(2)20-30-22(34-31-20)32-7-5-13(6-8-32)33-21-19-18(28-11-29-21)16(10-35-19)15-4-3-14(9-17(15)24)36-23(25,26)27/h3-4,9-13H,5-8H2,1-2H3. The molecule has 7 nitrogen and oxygen atoms in total. The maximum absolute atomic E-state index is 14.7. The molecule has 4 aromatic rings. The fourth-order valence-corrected chi connectivity index (χ4v) is 5.44. The molecule has 36 heavy (non-hydrogen) atoms. The van der Waals surface area contributed by atoms with Gasteiger partial charge in [0.25, 0.3) is 0 Å². The molecule has 5 rings (SSSR count). The Kier molecular flexibility index (Phi) is 6.77. The maximum Gasteiger partial charge on any atom is 0.446 e. The molecule has 0 bridgehead atoms. The average Bonchev–Trinajstić information content (AvgIpc) is 3.47. The van der Waals surface area contributed by atoms with Gasteiger partial charge >= 0.3 is 11.5 Å². The second-order valence-electron chi connectivity index (χ2n) is 8.59. The molecule has 1 aromatic carbocycles. The lowest BCUT2D eigenvalue weighted by molar-refractivity contribution is -0.0328. The number of fused-ring (bicyclic) bond motifs is 1.